The van der Waals surface area contributed by atoms with Gasteiger partial charge in [-0.25, -0.2) is 0 Å². The number of para-hydroxylation sites is 4. The average molecular weight is 875 g/mol. The molecule has 9 aromatic carbocycles. The molecule has 0 aliphatic rings. The summed E-state index contributed by atoms with van der Waals surface area (Å²) < 4.78 is 4.31. The van der Waals surface area contributed by atoms with Crippen LogP contribution in [0.25, 0.3) is 78.0 Å². The van der Waals surface area contributed by atoms with Crippen LogP contribution in [0.15, 0.2) is 226 Å². The Hall–Kier alpha value is -7.74. The van der Waals surface area contributed by atoms with Crippen molar-refractivity contribution in [3.63, 3.8) is 0 Å². The zero-order valence-electron chi connectivity index (χ0n) is 36.7. The molecule has 3 aromatic heterocycles. The highest BCUT2D eigenvalue weighted by Gasteiger charge is 2.34. The van der Waals surface area contributed by atoms with Crippen LogP contribution in [0.3, 0.4) is 0 Å². The van der Waals surface area contributed by atoms with Gasteiger partial charge in [-0.2, -0.15) is 15.0 Å². The smallest absolute Gasteiger partial charge is 0.240 e. The Labute approximate surface area is 402 Å². The van der Waals surface area contributed by atoms with E-state index in [0.717, 1.165) is 74.3 Å². The maximum atomic E-state index is 6.72. The van der Waals surface area contributed by atoms with Crippen molar-refractivity contribution in [3.05, 3.63) is 206 Å². The van der Waals surface area contributed by atoms with E-state index in [0.29, 0.717) is 23.3 Å². The van der Waals surface area contributed by atoms with Crippen molar-refractivity contribution >= 4 is 120 Å². The first kappa shape index (κ1) is 41.7. The highest BCUT2D eigenvalue weighted by Crippen LogP contribution is 2.73. The summed E-state index contributed by atoms with van der Waals surface area (Å²) in [6.07, 6.45) is 0. The molecule has 0 unspecified atom stereocenters. The van der Waals surface area contributed by atoms with E-state index >= 15 is 0 Å². The predicted octanol–water partition coefficient (Wildman–Crippen LogP) is 8.71. The van der Waals surface area contributed by atoms with E-state index in [1.165, 1.54) is 0 Å². The molecule has 0 atom stereocenters. The summed E-state index contributed by atoms with van der Waals surface area (Å²) in [5.41, 5.74) is 7.24. The summed E-state index contributed by atoms with van der Waals surface area (Å²) in [7, 11) is 30.3. The molecular weight excluding hydrogens is 841 g/mol. The molecule has 11 heteroatoms. The molecule has 0 fully saturated rings. The third-order valence-electron chi connectivity index (χ3n) is 13.0. The molecule has 12 rings (SSSR count). The first-order valence-corrected chi connectivity index (χ1v) is 23.8. The van der Waals surface area contributed by atoms with E-state index in [9.17, 15) is 0 Å². The lowest BCUT2D eigenvalue weighted by Crippen LogP contribution is -2.55. The summed E-state index contributed by atoms with van der Waals surface area (Å²) in [6.45, 7) is 0. The molecule has 308 valence electrons. The van der Waals surface area contributed by atoms with Gasteiger partial charge in [0.1, 0.15) is 39.2 Å². The molecule has 0 spiro atoms. The number of aromatic nitrogens is 5. The monoisotopic (exact) mass is 875 g/mol. The van der Waals surface area contributed by atoms with Gasteiger partial charge in [0.25, 0.3) is 0 Å². The molecule has 0 saturated heterocycles. The normalized spacial score (nSPS) is 12.1. The van der Waals surface area contributed by atoms with Gasteiger partial charge in [0.15, 0.2) is 5.82 Å². The number of benzene rings is 9. The van der Waals surface area contributed by atoms with Crippen LogP contribution < -0.4 is 27.3 Å². The lowest BCUT2D eigenvalue weighted by atomic mass is 9.60. The highest BCUT2D eigenvalue weighted by molar-refractivity contribution is 8.34. The van der Waals surface area contributed by atoms with Gasteiger partial charge in [-0.05, 0) is 83.9 Å². The zero-order valence-corrected chi connectivity index (χ0v) is 37.5. The summed E-state index contributed by atoms with van der Waals surface area (Å²) >= 11 is 0. The van der Waals surface area contributed by atoms with Gasteiger partial charge in [0.05, 0.1) is 22.1 Å². The molecule has 12 aromatic rings. The van der Waals surface area contributed by atoms with Crippen LogP contribution in [0.2, 0.25) is 0 Å². The second-order valence-corrected chi connectivity index (χ2v) is 19.8. The van der Waals surface area contributed by atoms with Crippen molar-refractivity contribution in [3.8, 4) is 34.4 Å². The highest BCUT2D eigenvalue weighted by atomic mass is 32.3. The van der Waals surface area contributed by atoms with Gasteiger partial charge in [-0.1, -0.05) is 144 Å². The van der Waals surface area contributed by atoms with E-state index in [2.05, 4.69) is 191 Å². The Morgan fingerprint density at radius 1 is 0.309 bits per heavy atom. The summed E-state index contributed by atoms with van der Waals surface area (Å²) in [4.78, 5) is 20.6. The van der Waals surface area contributed by atoms with Crippen molar-refractivity contribution in [1.82, 2.24) is 24.1 Å². The molecule has 68 heavy (non-hydrogen) atoms. The maximum Gasteiger partial charge on any atom is 0.240 e. The van der Waals surface area contributed by atoms with Crippen LogP contribution in [0, 0.1) is 0 Å². The van der Waals surface area contributed by atoms with Gasteiger partial charge in [-0.3, -0.25) is 9.13 Å². The van der Waals surface area contributed by atoms with E-state index < -0.39 is 10.0 Å². The average Bonchev–Trinajstić information content (AvgIpc) is 3.92. The Morgan fingerprint density at radius 3 is 1.07 bits per heavy atom. The van der Waals surface area contributed by atoms with E-state index in [1.807, 2.05) is 24.3 Å². The molecule has 0 aliphatic carbocycles. The Kier molecular flexibility index (Phi) is 10.1. The second kappa shape index (κ2) is 16.5. The lowest BCUT2D eigenvalue weighted by Gasteiger charge is -2.42. The van der Waals surface area contributed by atoms with Crippen LogP contribution >= 0.6 is 10.0 Å². The van der Waals surface area contributed by atoms with Crippen molar-refractivity contribution < 1.29 is 0 Å². The number of hydrogen-bond donors (Lipinski definition) is 0. The topological polar surface area (TPSA) is 48.5 Å². The first-order chi connectivity index (χ1) is 33.3. The van der Waals surface area contributed by atoms with Crippen LogP contribution in [0.4, 0.5) is 0 Å². The van der Waals surface area contributed by atoms with Crippen molar-refractivity contribution in [2.24, 2.45) is 0 Å². The lowest BCUT2D eigenvalue weighted by molar-refractivity contribution is 0.892. The quantitative estimate of drug-likeness (QED) is 0.144. The third-order valence-corrected chi connectivity index (χ3v) is 16.9. The molecule has 3 heterocycles. The molecule has 10 radical (unpaired) electrons. The van der Waals surface area contributed by atoms with Gasteiger partial charge in [-0.15, -0.1) is 26.4 Å². The summed E-state index contributed by atoms with van der Waals surface area (Å²) in [6, 6.07) is 71.8. The minimum Gasteiger partial charge on any atom is -0.278 e. The van der Waals surface area contributed by atoms with Crippen molar-refractivity contribution in [2.45, 2.75) is 19.6 Å². The zero-order chi connectivity index (χ0) is 46.1. The summed E-state index contributed by atoms with van der Waals surface area (Å²) in [5.74, 6) is 1.53. The molecule has 5 nitrogen and oxygen atoms in total. The van der Waals surface area contributed by atoms with Gasteiger partial charge < -0.3 is 0 Å². The first-order valence-electron chi connectivity index (χ1n) is 22.2. The number of hydrogen-bond acceptors (Lipinski definition) is 3. The Bertz CT molecular complexity index is 3640. The number of rotatable bonds is 8. The van der Waals surface area contributed by atoms with Gasteiger partial charge in [0, 0.05) is 46.7 Å². The summed E-state index contributed by atoms with van der Waals surface area (Å²) in [5, 5.41) is 4.44. The van der Waals surface area contributed by atoms with Crippen molar-refractivity contribution in [1.29, 1.82) is 0 Å². The second-order valence-electron chi connectivity index (χ2n) is 16.7. The fourth-order valence-electron chi connectivity index (χ4n) is 9.85. The van der Waals surface area contributed by atoms with E-state index in [-0.39, 0.29) is 27.3 Å². The largest absolute Gasteiger partial charge is 0.278 e. The van der Waals surface area contributed by atoms with Crippen LogP contribution in [0.5, 0.6) is 0 Å². The minimum atomic E-state index is -2.30. The maximum absolute atomic E-state index is 6.72. The standard InChI is InChI=1S/C57H34B5N5S/c58-50-49(51(59)53(61)54(62)52(50)60)35-17-15-23-39(33-35)68(37-19-3-1-4-20-37,38-21-5-2-6-22-38)40-24-16-18-36(34-40)55-63-56(66-45-29-11-7-25-41(45)42-26-8-12-30-46(42)66)65-57(64-55)67-47-31-13-9-27-43(47)44-28-10-14-32-48(44)67/h1-34H. The molecule has 0 aliphatic heterocycles. The van der Waals surface area contributed by atoms with E-state index in [1.54, 1.807) is 0 Å². The Morgan fingerprint density at radius 2 is 0.647 bits per heavy atom. The minimum absolute atomic E-state index is 0.172. The predicted molar refractivity (Wildman–Crippen MR) is 286 cm³/mol. The van der Waals surface area contributed by atoms with Crippen LogP contribution in [-0.2, 0) is 0 Å². The molecule has 0 amide bonds. The SMILES string of the molecule is [B]c1c([B])c([B])c(-c2cccc(S(c3ccccc3)(c3ccccc3)c3cccc(-c4nc(-n5c6ccccc6c6ccccc65)nc(-n5c6ccccc6c6ccccc65)n4)c3)c2)c([B])c1[B]. The molecular formula is C57H34B5N5S. The fraction of sp³-hybridized carbons (Fsp3) is 0. The fourth-order valence-corrected chi connectivity index (χ4v) is 13.8. The van der Waals surface area contributed by atoms with Crippen LogP contribution in [0.1, 0.15) is 0 Å². The number of nitrogens with zero attached hydrogens (tertiary/aromatic N) is 5. The van der Waals surface area contributed by atoms with Crippen molar-refractivity contribution in [2.75, 3.05) is 0 Å². The molecule has 0 N–H and O–H groups in total. The molecule has 0 bridgehead atoms. The Balaban J connectivity index is 1.15. The third kappa shape index (κ3) is 6.44. The number of fused-ring (bicyclic) bond motifs is 6. The van der Waals surface area contributed by atoms with E-state index in [4.69, 9.17) is 54.2 Å². The van der Waals surface area contributed by atoms with Gasteiger partial charge >= 0.3 is 0 Å². The van der Waals surface area contributed by atoms with Crippen LogP contribution in [-0.4, -0.2) is 63.3 Å². The van der Waals surface area contributed by atoms with Gasteiger partial charge in [0.2, 0.25) is 11.9 Å². The molecule has 0 saturated carbocycles.